The molecule has 1 aliphatic heterocycles. The second kappa shape index (κ2) is 6.29. The van der Waals surface area contributed by atoms with Crippen molar-refractivity contribution in [2.75, 3.05) is 18.1 Å². The molecule has 0 amide bonds. The molecular formula is C13H14F2O2S. The van der Waals surface area contributed by atoms with E-state index in [1.54, 1.807) is 0 Å². The highest BCUT2D eigenvalue weighted by Crippen LogP contribution is 2.19. The Labute approximate surface area is 109 Å². The van der Waals surface area contributed by atoms with Crippen LogP contribution in [-0.4, -0.2) is 30.0 Å². The maximum atomic E-state index is 13.3. The van der Waals surface area contributed by atoms with Crippen LogP contribution >= 0.6 is 11.8 Å². The third-order valence-electron chi connectivity index (χ3n) is 2.79. The second-order valence-corrected chi connectivity index (χ2v) is 5.23. The van der Waals surface area contributed by atoms with Gasteiger partial charge >= 0.3 is 0 Å². The highest BCUT2D eigenvalue weighted by atomic mass is 32.2. The summed E-state index contributed by atoms with van der Waals surface area (Å²) in [5.41, 5.74) is -0.0451. The van der Waals surface area contributed by atoms with Crippen LogP contribution in [0.15, 0.2) is 18.2 Å². The van der Waals surface area contributed by atoms with Crippen LogP contribution in [0, 0.1) is 11.6 Å². The summed E-state index contributed by atoms with van der Waals surface area (Å²) in [6, 6.07) is 3.03. The van der Waals surface area contributed by atoms with Gasteiger partial charge in [0.25, 0.3) is 0 Å². The molecule has 0 aromatic heterocycles. The summed E-state index contributed by atoms with van der Waals surface area (Å²) in [6.07, 6.45) is 2.29. The molecule has 98 valence electrons. The van der Waals surface area contributed by atoms with Crippen LogP contribution < -0.4 is 0 Å². The Morgan fingerprint density at radius 2 is 2.28 bits per heavy atom. The summed E-state index contributed by atoms with van der Waals surface area (Å²) in [5, 5.41) is 0. The molecular weight excluding hydrogens is 258 g/mol. The third-order valence-corrected chi connectivity index (χ3v) is 3.87. The summed E-state index contributed by atoms with van der Waals surface area (Å²) in [4.78, 5) is 11.7. The van der Waals surface area contributed by atoms with Gasteiger partial charge in [0, 0.05) is 18.4 Å². The van der Waals surface area contributed by atoms with Crippen LogP contribution in [0.5, 0.6) is 0 Å². The van der Waals surface area contributed by atoms with Crippen molar-refractivity contribution in [3.63, 3.8) is 0 Å². The van der Waals surface area contributed by atoms with Crippen molar-refractivity contribution in [1.82, 2.24) is 0 Å². The zero-order valence-corrected chi connectivity index (χ0v) is 10.6. The van der Waals surface area contributed by atoms with E-state index in [0.29, 0.717) is 0 Å². The van der Waals surface area contributed by atoms with Crippen LogP contribution in [0.4, 0.5) is 8.78 Å². The fourth-order valence-corrected chi connectivity index (χ4v) is 2.84. The number of Topliss-reactive ketones (excluding diaryl/α,β-unsaturated/α-hetero) is 1. The molecule has 1 heterocycles. The molecule has 1 aliphatic rings. The Bertz CT molecular complexity index is 431. The van der Waals surface area contributed by atoms with Crippen molar-refractivity contribution in [3.05, 3.63) is 35.4 Å². The maximum Gasteiger partial charge on any atom is 0.175 e. The SMILES string of the molecule is O=C(CSCC1CCCO1)c1ccc(F)cc1F. The van der Waals surface area contributed by atoms with E-state index in [1.165, 1.54) is 17.8 Å². The van der Waals surface area contributed by atoms with E-state index >= 15 is 0 Å². The van der Waals surface area contributed by atoms with E-state index in [0.717, 1.165) is 37.3 Å². The Balaban J connectivity index is 1.83. The molecule has 1 aromatic rings. The molecule has 1 saturated heterocycles. The summed E-state index contributed by atoms with van der Waals surface area (Å²) in [6.45, 7) is 0.783. The van der Waals surface area contributed by atoms with Gasteiger partial charge < -0.3 is 4.74 Å². The minimum Gasteiger partial charge on any atom is -0.377 e. The van der Waals surface area contributed by atoms with E-state index in [1.807, 2.05) is 0 Å². The first kappa shape index (κ1) is 13.5. The summed E-state index contributed by atoms with van der Waals surface area (Å²) in [7, 11) is 0. The van der Waals surface area contributed by atoms with Crippen molar-refractivity contribution >= 4 is 17.5 Å². The number of rotatable bonds is 5. The lowest BCUT2D eigenvalue weighted by molar-refractivity contribution is 0.101. The van der Waals surface area contributed by atoms with Crippen LogP contribution in [-0.2, 0) is 4.74 Å². The molecule has 1 aromatic carbocycles. The minimum atomic E-state index is -0.794. The molecule has 0 N–H and O–H groups in total. The minimum absolute atomic E-state index is 0.0451. The van der Waals surface area contributed by atoms with Crippen molar-refractivity contribution in [3.8, 4) is 0 Å². The fraction of sp³-hybridized carbons (Fsp3) is 0.462. The number of benzene rings is 1. The first-order valence-electron chi connectivity index (χ1n) is 5.84. The quantitative estimate of drug-likeness (QED) is 0.771. The van der Waals surface area contributed by atoms with Gasteiger partial charge in [0.1, 0.15) is 11.6 Å². The number of thioether (sulfide) groups is 1. The highest BCUT2D eigenvalue weighted by Gasteiger charge is 2.17. The number of hydrogen-bond acceptors (Lipinski definition) is 3. The number of carbonyl (C=O) groups excluding carboxylic acids is 1. The topological polar surface area (TPSA) is 26.3 Å². The van der Waals surface area contributed by atoms with Gasteiger partial charge in [-0.3, -0.25) is 4.79 Å². The molecule has 0 bridgehead atoms. The Morgan fingerprint density at radius 1 is 1.44 bits per heavy atom. The van der Waals surface area contributed by atoms with Gasteiger partial charge in [0.15, 0.2) is 5.78 Å². The summed E-state index contributed by atoms with van der Waals surface area (Å²) >= 11 is 1.43. The highest BCUT2D eigenvalue weighted by molar-refractivity contribution is 8.00. The molecule has 1 unspecified atom stereocenters. The zero-order chi connectivity index (χ0) is 13.0. The molecule has 0 spiro atoms. The van der Waals surface area contributed by atoms with E-state index in [9.17, 15) is 13.6 Å². The number of hydrogen-bond donors (Lipinski definition) is 0. The van der Waals surface area contributed by atoms with Crippen molar-refractivity contribution in [1.29, 1.82) is 0 Å². The molecule has 0 aliphatic carbocycles. The normalized spacial score (nSPS) is 19.1. The summed E-state index contributed by atoms with van der Waals surface area (Å²) < 4.78 is 31.5. The van der Waals surface area contributed by atoms with Gasteiger partial charge in [-0.1, -0.05) is 0 Å². The maximum absolute atomic E-state index is 13.3. The van der Waals surface area contributed by atoms with Crippen molar-refractivity contribution in [2.45, 2.75) is 18.9 Å². The predicted octanol–water partition coefficient (Wildman–Crippen LogP) is 3.06. The number of halogens is 2. The van der Waals surface area contributed by atoms with Gasteiger partial charge in [-0.05, 0) is 25.0 Å². The number of carbonyl (C=O) groups is 1. The predicted molar refractivity (Wildman–Crippen MR) is 67.0 cm³/mol. The Kier molecular flexibility index (Phi) is 4.72. The van der Waals surface area contributed by atoms with E-state index in [-0.39, 0.29) is 23.2 Å². The number of ketones is 1. The van der Waals surface area contributed by atoms with Crippen molar-refractivity contribution in [2.24, 2.45) is 0 Å². The standard InChI is InChI=1S/C13H14F2O2S/c14-9-3-4-11(12(15)6-9)13(16)8-18-7-10-2-1-5-17-10/h3-4,6,10H,1-2,5,7-8H2. The van der Waals surface area contributed by atoms with Gasteiger partial charge in [0.2, 0.25) is 0 Å². The lowest BCUT2D eigenvalue weighted by atomic mass is 10.1. The van der Waals surface area contributed by atoms with Crippen molar-refractivity contribution < 1.29 is 18.3 Å². The van der Waals surface area contributed by atoms with Crippen LogP contribution in [0.1, 0.15) is 23.2 Å². The third kappa shape index (κ3) is 3.53. The van der Waals surface area contributed by atoms with Gasteiger partial charge in [0.05, 0.1) is 17.4 Å². The lowest BCUT2D eigenvalue weighted by Crippen LogP contribution is -2.12. The molecule has 1 fully saturated rings. The lowest BCUT2D eigenvalue weighted by Gasteiger charge is -2.08. The average Bonchev–Trinajstić information content (AvgIpc) is 2.81. The van der Waals surface area contributed by atoms with E-state index < -0.39 is 11.6 Å². The average molecular weight is 272 g/mol. The van der Waals surface area contributed by atoms with Gasteiger partial charge in [-0.15, -0.1) is 0 Å². The molecule has 2 nitrogen and oxygen atoms in total. The zero-order valence-electron chi connectivity index (χ0n) is 9.83. The first-order chi connectivity index (χ1) is 8.66. The Hall–Kier alpha value is -0.940. The van der Waals surface area contributed by atoms with E-state index in [2.05, 4.69) is 0 Å². The fourth-order valence-electron chi connectivity index (χ4n) is 1.85. The smallest absolute Gasteiger partial charge is 0.175 e. The monoisotopic (exact) mass is 272 g/mol. The first-order valence-corrected chi connectivity index (χ1v) is 7.00. The molecule has 5 heteroatoms. The molecule has 18 heavy (non-hydrogen) atoms. The van der Waals surface area contributed by atoms with Crippen LogP contribution in [0.25, 0.3) is 0 Å². The van der Waals surface area contributed by atoms with Gasteiger partial charge in [-0.25, -0.2) is 8.78 Å². The largest absolute Gasteiger partial charge is 0.377 e. The Morgan fingerprint density at radius 3 is 2.94 bits per heavy atom. The number of ether oxygens (including phenoxy) is 1. The van der Waals surface area contributed by atoms with Crippen LogP contribution in [0.2, 0.25) is 0 Å². The second-order valence-electron chi connectivity index (χ2n) is 4.20. The molecule has 0 radical (unpaired) electrons. The van der Waals surface area contributed by atoms with E-state index in [4.69, 9.17) is 4.74 Å². The van der Waals surface area contributed by atoms with Crippen LogP contribution in [0.3, 0.4) is 0 Å². The van der Waals surface area contributed by atoms with Gasteiger partial charge in [-0.2, -0.15) is 11.8 Å². The summed E-state index contributed by atoms with van der Waals surface area (Å²) in [5.74, 6) is -0.832. The molecule has 2 rings (SSSR count). The molecule has 0 saturated carbocycles. The molecule has 1 atom stereocenters.